The van der Waals surface area contributed by atoms with E-state index in [2.05, 4.69) is 26.6 Å². The molecule has 0 saturated heterocycles. The Morgan fingerprint density at radius 2 is 2.00 bits per heavy atom. The molecule has 5 heteroatoms. The van der Waals surface area contributed by atoms with Crippen LogP contribution in [0.2, 0.25) is 5.02 Å². The topological polar surface area (TPSA) is 43.8 Å². The van der Waals surface area contributed by atoms with E-state index in [9.17, 15) is 0 Å². The Morgan fingerprint density at radius 1 is 1.19 bits per heavy atom. The van der Waals surface area contributed by atoms with Gasteiger partial charge in [-0.2, -0.15) is 0 Å². The summed E-state index contributed by atoms with van der Waals surface area (Å²) in [5.74, 6) is 0.905. The fraction of sp³-hybridized carbons (Fsp3) is 0.188. The van der Waals surface area contributed by atoms with E-state index in [1.165, 1.54) is 12.8 Å². The summed E-state index contributed by atoms with van der Waals surface area (Å²) < 4.78 is 3.32. The van der Waals surface area contributed by atoms with Crippen LogP contribution in [0.15, 0.2) is 40.9 Å². The minimum atomic E-state index is 0.517. The zero-order valence-corrected chi connectivity index (χ0v) is 13.5. The Morgan fingerprint density at radius 3 is 2.76 bits per heavy atom. The third kappa shape index (κ3) is 2.23. The van der Waals surface area contributed by atoms with Gasteiger partial charge >= 0.3 is 0 Å². The number of nitrogens with two attached hydrogens (primary N) is 1. The highest BCUT2D eigenvalue weighted by Crippen LogP contribution is 2.43. The third-order valence-corrected chi connectivity index (χ3v) is 4.62. The van der Waals surface area contributed by atoms with Gasteiger partial charge in [-0.05, 0) is 49.2 Å². The Kier molecular flexibility index (Phi) is 2.98. The fourth-order valence-corrected chi connectivity index (χ4v) is 3.23. The van der Waals surface area contributed by atoms with Gasteiger partial charge in [0.05, 0.1) is 16.1 Å². The number of hydrogen-bond donors (Lipinski definition) is 1. The van der Waals surface area contributed by atoms with Gasteiger partial charge in [0.2, 0.25) is 0 Å². The molecule has 1 fully saturated rings. The summed E-state index contributed by atoms with van der Waals surface area (Å²) in [5, 5.41) is 0.681. The highest BCUT2D eigenvalue weighted by Gasteiger charge is 2.29. The first-order chi connectivity index (χ1) is 10.1. The van der Waals surface area contributed by atoms with Crippen molar-refractivity contribution in [2.45, 2.75) is 18.9 Å². The molecule has 2 N–H and O–H groups in total. The lowest BCUT2D eigenvalue weighted by atomic mass is 10.2. The SMILES string of the molecule is Nc1ccc(Cl)c(-c2nc3cc(Br)ccc3n2C2CC2)c1. The predicted molar refractivity (Wildman–Crippen MR) is 90.6 cm³/mol. The van der Waals surface area contributed by atoms with Gasteiger partial charge in [0.1, 0.15) is 5.82 Å². The third-order valence-electron chi connectivity index (χ3n) is 3.79. The molecule has 0 bridgehead atoms. The quantitative estimate of drug-likeness (QED) is 0.649. The van der Waals surface area contributed by atoms with Crippen molar-refractivity contribution < 1.29 is 0 Å². The van der Waals surface area contributed by atoms with Crippen molar-refractivity contribution in [2.75, 3.05) is 5.73 Å². The van der Waals surface area contributed by atoms with Crippen LogP contribution < -0.4 is 5.73 Å². The molecule has 1 heterocycles. The molecule has 1 aromatic heterocycles. The maximum Gasteiger partial charge on any atom is 0.142 e. The van der Waals surface area contributed by atoms with Crippen LogP contribution in [0.3, 0.4) is 0 Å². The molecule has 3 nitrogen and oxygen atoms in total. The highest BCUT2D eigenvalue weighted by molar-refractivity contribution is 9.10. The van der Waals surface area contributed by atoms with Crippen LogP contribution in [0, 0.1) is 0 Å². The summed E-state index contributed by atoms with van der Waals surface area (Å²) in [6, 6.07) is 12.3. The number of imidazole rings is 1. The molecule has 0 spiro atoms. The van der Waals surface area contributed by atoms with Crippen LogP contribution in [-0.2, 0) is 0 Å². The molecule has 0 radical (unpaired) electrons. The average molecular weight is 363 g/mol. The van der Waals surface area contributed by atoms with Gasteiger partial charge in [0.25, 0.3) is 0 Å². The second-order valence-electron chi connectivity index (χ2n) is 5.41. The molecule has 0 aliphatic heterocycles. The summed E-state index contributed by atoms with van der Waals surface area (Å²) in [6.07, 6.45) is 2.38. The summed E-state index contributed by atoms with van der Waals surface area (Å²) in [5.41, 5.74) is 9.64. The molecule has 2 aromatic carbocycles. The van der Waals surface area contributed by atoms with Gasteiger partial charge in [-0.25, -0.2) is 4.98 Å². The van der Waals surface area contributed by atoms with Gasteiger partial charge in [0, 0.05) is 21.8 Å². The number of nitrogen functional groups attached to an aromatic ring is 1. The molecule has 21 heavy (non-hydrogen) atoms. The monoisotopic (exact) mass is 361 g/mol. The molecule has 0 amide bonds. The normalized spacial score (nSPS) is 14.8. The predicted octanol–water partition coefficient (Wildman–Crippen LogP) is 5.04. The number of anilines is 1. The van der Waals surface area contributed by atoms with Crippen molar-refractivity contribution >= 4 is 44.3 Å². The van der Waals surface area contributed by atoms with E-state index in [0.717, 1.165) is 26.9 Å². The fourth-order valence-electron chi connectivity index (χ4n) is 2.68. The second kappa shape index (κ2) is 4.75. The highest BCUT2D eigenvalue weighted by atomic mass is 79.9. The number of aromatic nitrogens is 2. The standard InChI is InChI=1S/C16H13BrClN3/c17-9-1-6-15-14(7-9)20-16(21(15)11-3-4-11)12-8-10(19)2-5-13(12)18/h1-2,5-8,11H,3-4,19H2. The number of hydrogen-bond acceptors (Lipinski definition) is 2. The zero-order chi connectivity index (χ0) is 14.6. The summed E-state index contributed by atoms with van der Waals surface area (Å²) in [7, 11) is 0. The molecule has 1 aliphatic rings. The van der Waals surface area contributed by atoms with Crippen molar-refractivity contribution in [2.24, 2.45) is 0 Å². The van der Waals surface area contributed by atoms with E-state index < -0.39 is 0 Å². The molecule has 3 aromatic rings. The lowest BCUT2D eigenvalue weighted by molar-refractivity contribution is 0.775. The second-order valence-corrected chi connectivity index (χ2v) is 6.73. The van der Waals surface area contributed by atoms with E-state index >= 15 is 0 Å². The van der Waals surface area contributed by atoms with Crippen LogP contribution in [0.25, 0.3) is 22.4 Å². The largest absolute Gasteiger partial charge is 0.399 e. The summed E-state index contributed by atoms with van der Waals surface area (Å²) in [6.45, 7) is 0. The first-order valence-corrected chi connectivity index (χ1v) is 8.03. The lowest BCUT2D eigenvalue weighted by Gasteiger charge is -2.09. The average Bonchev–Trinajstić information content (AvgIpc) is 3.22. The van der Waals surface area contributed by atoms with Crippen LogP contribution in [-0.4, -0.2) is 9.55 Å². The van der Waals surface area contributed by atoms with E-state index in [1.54, 1.807) is 0 Å². The zero-order valence-electron chi connectivity index (χ0n) is 11.2. The van der Waals surface area contributed by atoms with Gasteiger partial charge in [-0.1, -0.05) is 27.5 Å². The number of fused-ring (bicyclic) bond motifs is 1. The number of rotatable bonds is 2. The minimum Gasteiger partial charge on any atom is -0.399 e. The van der Waals surface area contributed by atoms with Crippen LogP contribution in [0.1, 0.15) is 18.9 Å². The van der Waals surface area contributed by atoms with Gasteiger partial charge < -0.3 is 10.3 Å². The molecule has 4 rings (SSSR count). The summed E-state index contributed by atoms with van der Waals surface area (Å²) in [4.78, 5) is 4.80. The number of nitrogens with zero attached hydrogens (tertiary/aromatic N) is 2. The van der Waals surface area contributed by atoms with Crippen LogP contribution >= 0.6 is 27.5 Å². The molecule has 1 saturated carbocycles. The smallest absolute Gasteiger partial charge is 0.142 e. The maximum absolute atomic E-state index is 6.37. The molecular weight excluding hydrogens is 350 g/mol. The summed E-state index contributed by atoms with van der Waals surface area (Å²) >= 11 is 9.87. The van der Waals surface area contributed by atoms with Gasteiger partial charge in [0.15, 0.2) is 0 Å². The van der Waals surface area contributed by atoms with Gasteiger partial charge in [-0.15, -0.1) is 0 Å². The number of benzene rings is 2. The van der Waals surface area contributed by atoms with E-state index in [0.29, 0.717) is 16.8 Å². The van der Waals surface area contributed by atoms with Crippen molar-refractivity contribution in [3.05, 3.63) is 45.9 Å². The molecule has 1 aliphatic carbocycles. The van der Waals surface area contributed by atoms with E-state index in [-0.39, 0.29) is 0 Å². The Balaban J connectivity index is 2.03. The first-order valence-electron chi connectivity index (χ1n) is 6.86. The van der Waals surface area contributed by atoms with Crippen molar-refractivity contribution in [1.82, 2.24) is 9.55 Å². The van der Waals surface area contributed by atoms with Crippen LogP contribution in [0.5, 0.6) is 0 Å². The van der Waals surface area contributed by atoms with Crippen molar-refractivity contribution in [3.63, 3.8) is 0 Å². The number of halogens is 2. The maximum atomic E-state index is 6.37. The van der Waals surface area contributed by atoms with Crippen molar-refractivity contribution in [3.8, 4) is 11.4 Å². The molecule has 106 valence electrons. The van der Waals surface area contributed by atoms with Gasteiger partial charge in [-0.3, -0.25) is 0 Å². The molecule has 0 unspecified atom stereocenters. The molecule has 0 atom stereocenters. The first kappa shape index (κ1) is 13.2. The lowest BCUT2D eigenvalue weighted by Crippen LogP contribution is -1.98. The molecular formula is C16H13BrClN3. The van der Waals surface area contributed by atoms with Crippen molar-refractivity contribution in [1.29, 1.82) is 0 Å². The van der Waals surface area contributed by atoms with E-state index in [4.69, 9.17) is 22.3 Å². The Bertz CT molecular complexity index is 852. The minimum absolute atomic E-state index is 0.517. The Labute approximate surface area is 135 Å². The van der Waals surface area contributed by atoms with E-state index in [1.807, 2.05) is 30.3 Å². The van der Waals surface area contributed by atoms with Crippen LogP contribution in [0.4, 0.5) is 5.69 Å². The Hall–Kier alpha value is -1.52.